The van der Waals surface area contributed by atoms with Gasteiger partial charge in [0.2, 0.25) is 0 Å². The summed E-state index contributed by atoms with van der Waals surface area (Å²) in [5.74, 6) is 0. The molecule has 100 valence electrons. The molecule has 0 fully saturated rings. The summed E-state index contributed by atoms with van der Waals surface area (Å²) in [5, 5.41) is 9.80. The molecule has 0 spiro atoms. The van der Waals surface area contributed by atoms with Gasteiger partial charge < -0.3 is 15.7 Å². The van der Waals surface area contributed by atoms with Crippen LogP contribution < -0.4 is 10.6 Å². The van der Waals surface area contributed by atoms with Crippen molar-refractivity contribution in [2.75, 3.05) is 18.0 Å². The van der Waals surface area contributed by atoms with Crippen LogP contribution in [0.1, 0.15) is 44.4 Å². The quantitative estimate of drug-likeness (QED) is 0.859. The van der Waals surface area contributed by atoms with E-state index in [1.54, 1.807) is 0 Å². The maximum Gasteiger partial charge on any atom is 0.0608 e. The molecule has 3 N–H and O–H groups in total. The lowest BCUT2D eigenvalue weighted by Gasteiger charge is -2.24. The zero-order chi connectivity index (χ0) is 13.3. The monoisotopic (exact) mass is 248 g/mol. The fourth-order valence-corrected chi connectivity index (χ4v) is 2.41. The Morgan fingerprint density at radius 2 is 2.17 bits per heavy atom. The molecule has 3 heteroatoms. The summed E-state index contributed by atoms with van der Waals surface area (Å²) in [5.41, 5.74) is 9.23. The first-order valence-corrected chi connectivity index (χ1v) is 6.72. The fraction of sp³-hybridized carbons (Fsp3) is 0.600. The van der Waals surface area contributed by atoms with Gasteiger partial charge in [-0.2, -0.15) is 0 Å². The van der Waals surface area contributed by atoms with Crippen molar-refractivity contribution < 1.29 is 5.11 Å². The zero-order valence-electron chi connectivity index (χ0n) is 11.6. The summed E-state index contributed by atoms with van der Waals surface area (Å²) in [6.07, 6.45) is 1.88. The number of nitrogens with zero attached hydrogens (tertiary/aromatic N) is 1. The molecule has 0 amide bonds. The highest BCUT2D eigenvalue weighted by Gasteiger charge is 2.22. The van der Waals surface area contributed by atoms with E-state index in [0.717, 1.165) is 25.9 Å². The molecule has 1 aromatic rings. The van der Waals surface area contributed by atoms with Crippen molar-refractivity contribution >= 4 is 5.69 Å². The third-order valence-electron chi connectivity index (χ3n) is 3.61. The second-order valence-corrected chi connectivity index (χ2v) is 5.98. The standard InChI is InChI=1S/C15H24N2O/c1-11(16)12-4-5-14-13(10-12)6-8-17(14)9-7-15(2,3)18/h4-5,10-11,18H,6-9,16H2,1-3H3. The third kappa shape index (κ3) is 3.03. The van der Waals surface area contributed by atoms with E-state index in [1.807, 2.05) is 20.8 Å². The Morgan fingerprint density at radius 3 is 2.78 bits per heavy atom. The Labute approximate surface area is 110 Å². The highest BCUT2D eigenvalue weighted by molar-refractivity contribution is 5.59. The molecule has 2 rings (SSSR count). The van der Waals surface area contributed by atoms with Crippen LogP contribution in [-0.2, 0) is 6.42 Å². The van der Waals surface area contributed by atoms with Crippen molar-refractivity contribution in [3.8, 4) is 0 Å². The van der Waals surface area contributed by atoms with E-state index in [-0.39, 0.29) is 6.04 Å². The number of hydrogen-bond donors (Lipinski definition) is 2. The maximum atomic E-state index is 9.80. The molecule has 0 bridgehead atoms. The van der Waals surface area contributed by atoms with Crippen LogP contribution in [0.5, 0.6) is 0 Å². The smallest absolute Gasteiger partial charge is 0.0608 e. The Bertz CT molecular complexity index is 421. The van der Waals surface area contributed by atoms with Gasteiger partial charge in [0.25, 0.3) is 0 Å². The first kappa shape index (κ1) is 13.4. The summed E-state index contributed by atoms with van der Waals surface area (Å²) in [4.78, 5) is 2.36. The number of hydrogen-bond acceptors (Lipinski definition) is 3. The average Bonchev–Trinajstić information content (AvgIpc) is 2.67. The van der Waals surface area contributed by atoms with Crippen molar-refractivity contribution in [1.82, 2.24) is 0 Å². The molecule has 1 heterocycles. The second-order valence-electron chi connectivity index (χ2n) is 5.98. The van der Waals surface area contributed by atoms with Crippen LogP contribution in [0.4, 0.5) is 5.69 Å². The number of nitrogens with two attached hydrogens (primary N) is 1. The van der Waals surface area contributed by atoms with Gasteiger partial charge in [-0.1, -0.05) is 12.1 Å². The summed E-state index contributed by atoms with van der Waals surface area (Å²) in [6, 6.07) is 6.61. The molecular weight excluding hydrogens is 224 g/mol. The highest BCUT2D eigenvalue weighted by Crippen LogP contribution is 2.30. The van der Waals surface area contributed by atoms with Crippen molar-refractivity contribution in [1.29, 1.82) is 0 Å². The van der Waals surface area contributed by atoms with E-state index in [4.69, 9.17) is 5.73 Å². The van der Waals surface area contributed by atoms with E-state index in [0.29, 0.717) is 0 Å². The molecule has 1 atom stereocenters. The molecule has 0 saturated carbocycles. The number of benzene rings is 1. The molecule has 3 nitrogen and oxygen atoms in total. The average molecular weight is 248 g/mol. The minimum Gasteiger partial charge on any atom is -0.390 e. The third-order valence-corrected chi connectivity index (χ3v) is 3.61. The van der Waals surface area contributed by atoms with Gasteiger partial charge in [-0.15, -0.1) is 0 Å². The first-order chi connectivity index (χ1) is 8.37. The summed E-state index contributed by atoms with van der Waals surface area (Å²) >= 11 is 0. The van der Waals surface area contributed by atoms with Crippen LogP contribution in [0.2, 0.25) is 0 Å². The molecule has 1 aliphatic rings. The van der Waals surface area contributed by atoms with Gasteiger partial charge >= 0.3 is 0 Å². The van der Waals surface area contributed by atoms with Gasteiger partial charge in [0.15, 0.2) is 0 Å². The van der Waals surface area contributed by atoms with Gasteiger partial charge in [-0.05, 0) is 50.8 Å². The van der Waals surface area contributed by atoms with Crippen molar-refractivity contribution in [2.45, 2.75) is 45.3 Å². The molecule has 0 aliphatic carbocycles. The molecule has 1 aromatic carbocycles. The van der Waals surface area contributed by atoms with Gasteiger partial charge in [0.1, 0.15) is 0 Å². The predicted molar refractivity (Wildman–Crippen MR) is 75.9 cm³/mol. The fourth-order valence-electron chi connectivity index (χ4n) is 2.41. The normalized spacial score (nSPS) is 16.8. The minimum absolute atomic E-state index is 0.0979. The van der Waals surface area contributed by atoms with E-state index < -0.39 is 5.60 Å². The zero-order valence-corrected chi connectivity index (χ0v) is 11.6. The van der Waals surface area contributed by atoms with Crippen LogP contribution in [0, 0.1) is 0 Å². The van der Waals surface area contributed by atoms with Crippen LogP contribution in [0.3, 0.4) is 0 Å². The lowest BCUT2D eigenvalue weighted by molar-refractivity contribution is 0.0732. The van der Waals surface area contributed by atoms with Gasteiger partial charge in [-0.25, -0.2) is 0 Å². The first-order valence-electron chi connectivity index (χ1n) is 6.72. The SMILES string of the molecule is CC(N)c1ccc2c(c1)CCN2CCC(C)(C)O. The topological polar surface area (TPSA) is 49.5 Å². The van der Waals surface area contributed by atoms with Gasteiger partial charge in [-0.3, -0.25) is 0 Å². The van der Waals surface area contributed by atoms with Crippen molar-refractivity contribution in [3.63, 3.8) is 0 Å². The molecule has 0 radical (unpaired) electrons. The number of aliphatic hydroxyl groups is 1. The van der Waals surface area contributed by atoms with Crippen LogP contribution >= 0.6 is 0 Å². The Hall–Kier alpha value is -1.06. The molecule has 18 heavy (non-hydrogen) atoms. The molecule has 0 saturated heterocycles. The molecule has 1 aliphatic heterocycles. The Morgan fingerprint density at radius 1 is 1.44 bits per heavy atom. The molecular formula is C15H24N2O. The number of fused-ring (bicyclic) bond motifs is 1. The summed E-state index contributed by atoms with van der Waals surface area (Å²) in [6.45, 7) is 7.71. The van der Waals surface area contributed by atoms with E-state index in [9.17, 15) is 5.11 Å². The van der Waals surface area contributed by atoms with Crippen LogP contribution in [-0.4, -0.2) is 23.8 Å². The highest BCUT2D eigenvalue weighted by atomic mass is 16.3. The van der Waals surface area contributed by atoms with Gasteiger partial charge in [0.05, 0.1) is 5.60 Å². The minimum atomic E-state index is -0.589. The summed E-state index contributed by atoms with van der Waals surface area (Å²) < 4.78 is 0. The largest absolute Gasteiger partial charge is 0.390 e. The van der Waals surface area contributed by atoms with Gasteiger partial charge in [0, 0.05) is 24.8 Å². The molecule has 0 aromatic heterocycles. The Kier molecular flexibility index (Phi) is 3.64. The predicted octanol–water partition coefficient (Wildman–Crippen LogP) is 2.23. The second kappa shape index (κ2) is 4.90. The molecule has 1 unspecified atom stereocenters. The lowest BCUT2D eigenvalue weighted by Crippen LogP contribution is -2.29. The van der Waals surface area contributed by atoms with Crippen molar-refractivity contribution in [3.05, 3.63) is 29.3 Å². The summed E-state index contributed by atoms with van der Waals surface area (Å²) in [7, 11) is 0. The number of rotatable bonds is 4. The number of anilines is 1. The van der Waals surface area contributed by atoms with Crippen molar-refractivity contribution in [2.24, 2.45) is 5.73 Å². The maximum absolute atomic E-state index is 9.80. The Balaban J connectivity index is 2.09. The lowest BCUT2D eigenvalue weighted by atomic mass is 10.0. The van der Waals surface area contributed by atoms with Crippen LogP contribution in [0.25, 0.3) is 0 Å². The van der Waals surface area contributed by atoms with E-state index in [1.165, 1.54) is 16.8 Å². The van der Waals surface area contributed by atoms with Crippen LogP contribution in [0.15, 0.2) is 18.2 Å². The van der Waals surface area contributed by atoms with E-state index >= 15 is 0 Å². The van der Waals surface area contributed by atoms with E-state index in [2.05, 4.69) is 23.1 Å².